The van der Waals surface area contributed by atoms with E-state index in [1.54, 1.807) is 7.11 Å². The summed E-state index contributed by atoms with van der Waals surface area (Å²) in [6.07, 6.45) is 0.996. The number of hydrogen-bond acceptors (Lipinski definition) is 2. The van der Waals surface area contributed by atoms with Gasteiger partial charge < -0.3 is 4.74 Å². The average molecular weight is 150 g/mol. The number of ether oxygens (including phenoxy) is 1. The quantitative estimate of drug-likeness (QED) is 0.579. The van der Waals surface area contributed by atoms with Gasteiger partial charge in [-0.3, -0.25) is 4.21 Å². The predicted octanol–water partition coefficient (Wildman–Crippen LogP) is 0.791. The fourth-order valence-corrected chi connectivity index (χ4v) is 1.52. The van der Waals surface area contributed by atoms with E-state index in [1.807, 2.05) is 6.92 Å². The normalized spacial score (nSPS) is 13.6. The van der Waals surface area contributed by atoms with Crippen LogP contribution in [0.1, 0.15) is 13.3 Å². The minimum absolute atomic E-state index is 0.618. The molecule has 0 aliphatic heterocycles. The second kappa shape index (κ2) is 6.23. The van der Waals surface area contributed by atoms with Gasteiger partial charge in [0.15, 0.2) is 0 Å². The lowest BCUT2D eigenvalue weighted by Crippen LogP contribution is -2.06. The van der Waals surface area contributed by atoms with Gasteiger partial charge in [0, 0.05) is 29.4 Å². The Balaban J connectivity index is 3.06. The van der Waals surface area contributed by atoms with Crippen LogP contribution in [0.15, 0.2) is 0 Å². The first-order chi connectivity index (χ1) is 4.31. The molecule has 0 aromatic rings. The van der Waals surface area contributed by atoms with Crippen molar-refractivity contribution in [2.24, 2.45) is 0 Å². The van der Waals surface area contributed by atoms with Gasteiger partial charge in [-0.25, -0.2) is 0 Å². The molecule has 0 fully saturated rings. The van der Waals surface area contributed by atoms with Crippen LogP contribution < -0.4 is 0 Å². The standard InChI is InChI=1S/C6H14O2S/c1-3-5-9(7)6-4-8-2/h3-6H2,1-2H3. The molecule has 0 aromatic carbocycles. The average Bonchev–Trinajstić information content (AvgIpc) is 1.85. The van der Waals surface area contributed by atoms with Gasteiger partial charge in [0.2, 0.25) is 0 Å². The molecule has 0 rings (SSSR count). The maximum atomic E-state index is 10.8. The van der Waals surface area contributed by atoms with Crippen LogP contribution in [0, 0.1) is 0 Å². The van der Waals surface area contributed by atoms with Crippen molar-refractivity contribution >= 4 is 10.8 Å². The molecule has 0 aliphatic carbocycles. The predicted molar refractivity (Wildman–Crippen MR) is 40.0 cm³/mol. The third-order valence-electron chi connectivity index (χ3n) is 0.947. The SMILES string of the molecule is CCCS(=O)CCOC. The van der Waals surface area contributed by atoms with Crippen molar-refractivity contribution in [2.45, 2.75) is 13.3 Å². The summed E-state index contributed by atoms with van der Waals surface area (Å²) in [6, 6.07) is 0. The minimum atomic E-state index is -0.645. The molecule has 56 valence electrons. The Bertz CT molecular complexity index is 83.1. The summed E-state index contributed by atoms with van der Waals surface area (Å²) in [6.45, 7) is 2.65. The van der Waals surface area contributed by atoms with Crippen LogP contribution in [-0.4, -0.2) is 29.4 Å². The molecule has 0 amide bonds. The van der Waals surface area contributed by atoms with E-state index in [9.17, 15) is 4.21 Å². The molecule has 0 saturated carbocycles. The molecule has 3 heteroatoms. The summed E-state index contributed by atoms with van der Waals surface area (Å²) in [7, 11) is 0.983. The van der Waals surface area contributed by atoms with E-state index < -0.39 is 10.8 Å². The van der Waals surface area contributed by atoms with Gasteiger partial charge in [-0.15, -0.1) is 0 Å². The maximum absolute atomic E-state index is 10.8. The Labute approximate surface area is 59.1 Å². The van der Waals surface area contributed by atoms with Gasteiger partial charge in [0.05, 0.1) is 6.61 Å². The van der Waals surface area contributed by atoms with E-state index in [-0.39, 0.29) is 0 Å². The molecule has 0 spiro atoms. The van der Waals surface area contributed by atoms with E-state index in [4.69, 9.17) is 4.74 Å². The largest absolute Gasteiger partial charge is 0.384 e. The lowest BCUT2D eigenvalue weighted by Gasteiger charge is -1.96. The van der Waals surface area contributed by atoms with Crippen LogP contribution in [0.25, 0.3) is 0 Å². The van der Waals surface area contributed by atoms with Crippen LogP contribution in [0.3, 0.4) is 0 Å². The molecule has 0 N–H and O–H groups in total. The van der Waals surface area contributed by atoms with Crippen molar-refractivity contribution in [3.63, 3.8) is 0 Å². The summed E-state index contributed by atoms with van der Waals surface area (Å²) in [5.74, 6) is 1.49. The van der Waals surface area contributed by atoms with E-state index in [2.05, 4.69) is 0 Å². The molecule has 1 atom stereocenters. The molecule has 0 saturated heterocycles. The van der Waals surface area contributed by atoms with Crippen molar-refractivity contribution in [1.82, 2.24) is 0 Å². The Hall–Kier alpha value is 0.110. The third kappa shape index (κ3) is 5.99. The molecule has 1 unspecified atom stereocenters. The number of rotatable bonds is 5. The zero-order chi connectivity index (χ0) is 7.11. The lowest BCUT2D eigenvalue weighted by molar-refractivity contribution is 0.218. The second-order valence-corrected chi connectivity index (χ2v) is 3.54. The fraction of sp³-hybridized carbons (Fsp3) is 1.00. The van der Waals surface area contributed by atoms with Crippen LogP contribution in [-0.2, 0) is 15.5 Å². The summed E-state index contributed by atoms with van der Waals surface area (Å²) in [4.78, 5) is 0. The zero-order valence-corrected chi connectivity index (χ0v) is 6.87. The highest BCUT2D eigenvalue weighted by Gasteiger charge is 1.94. The molecule has 0 aliphatic rings. The molecular weight excluding hydrogens is 136 g/mol. The van der Waals surface area contributed by atoms with Crippen LogP contribution >= 0.6 is 0 Å². The molecular formula is C6H14O2S. The summed E-state index contributed by atoms with van der Waals surface area (Å²) in [5.41, 5.74) is 0. The highest BCUT2D eigenvalue weighted by Crippen LogP contribution is 1.85. The van der Waals surface area contributed by atoms with Crippen molar-refractivity contribution in [3.8, 4) is 0 Å². The Kier molecular flexibility index (Phi) is 6.31. The summed E-state index contributed by atoms with van der Waals surface area (Å²) < 4.78 is 15.6. The van der Waals surface area contributed by atoms with Gasteiger partial charge in [-0.2, -0.15) is 0 Å². The first-order valence-corrected chi connectivity index (χ1v) is 4.64. The van der Waals surface area contributed by atoms with Crippen molar-refractivity contribution in [1.29, 1.82) is 0 Å². The van der Waals surface area contributed by atoms with Crippen LogP contribution in [0.5, 0.6) is 0 Å². The summed E-state index contributed by atoms with van der Waals surface area (Å²) >= 11 is 0. The monoisotopic (exact) mass is 150 g/mol. The molecule has 0 aromatic heterocycles. The van der Waals surface area contributed by atoms with Crippen LogP contribution in [0.4, 0.5) is 0 Å². The van der Waals surface area contributed by atoms with Gasteiger partial charge in [0.25, 0.3) is 0 Å². The topological polar surface area (TPSA) is 26.3 Å². The summed E-state index contributed by atoms with van der Waals surface area (Å²) in [5, 5.41) is 0. The van der Waals surface area contributed by atoms with Crippen LogP contribution in [0.2, 0.25) is 0 Å². The van der Waals surface area contributed by atoms with E-state index in [0.717, 1.165) is 12.2 Å². The Morgan fingerprint density at radius 3 is 2.56 bits per heavy atom. The lowest BCUT2D eigenvalue weighted by atomic mass is 10.6. The van der Waals surface area contributed by atoms with Crippen molar-refractivity contribution < 1.29 is 8.95 Å². The van der Waals surface area contributed by atoms with E-state index in [0.29, 0.717) is 12.4 Å². The minimum Gasteiger partial charge on any atom is -0.384 e. The highest BCUT2D eigenvalue weighted by molar-refractivity contribution is 7.84. The van der Waals surface area contributed by atoms with E-state index in [1.165, 1.54) is 0 Å². The Morgan fingerprint density at radius 2 is 2.11 bits per heavy atom. The van der Waals surface area contributed by atoms with Gasteiger partial charge >= 0.3 is 0 Å². The highest BCUT2D eigenvalue weighted by atomic mass is 32.2. The van der Waals surface area contributed by atoms with Gasteiger partial charge in [-0.1, -0.05) is 6.92 Å². The molecule has 0 radical (unpaired) electrons. The third-order valence-corrected chi connectivity index (χ3v) is 2.43. The second-order valence-electron chi connectivity index (χ2n) is 1.84. The van der Waals surface area contributed by atoms with E-state index >= 15 is 0 Å². The first kappa shape index (κ1) is 9.11. The zero-order valence-electron chi connectivity index (χ0n) is 6.05. The number of hydrogen-bond donors (Lipinski definition) is 0. The molecule has 0 heterocycles. The smallest absolute Gasteiger partial charge is 0.0577 e. The number of methoxy groups -OCH3 is 1. The van der Waals surface area contributed by atoms with Gasteiger partial charge in [0.1, 0.15) is 0 Å². The molecule has 0 bridgehead atoms. The molecule has 2 nitrogen and oxygen atoms in total. The fourth-order valence-electron chi connectivity index (χ4n) is 0.506. The first-order valence-electron chi connectivity index (χ1n) is 3.15. The molecule has 9 heavy (non-hydrogen) atoms. The van der Waals surface area contributed by atoms with Gasteiger partial charge in [-0.05, 0) is 6.42 Å². The maximum Gasteiger partial charge on any atom is 0.0577 e. The van der Waals surface area contributed by atoms with Crippen molar-refractivity contribution in [2.75, 3.05) is 25.2 Å². The Morgan fingerprint density at radius 1 is 1.44 bits per heavy atom. The van der Waals surface area contributed by atoms with Crippen molar-refractivity contribution in [3.05, 3.63) is 0 Å².